The monoisotopic (exact) mass is 583 g/mol. The van der Waals surface area contributed by atoms with Crippen LogP contribution in [0.2, 0.25) is 0 Å². The van der Waals surface area contributed by atoms with Crippen molar-refractivity contribution in [1.29, 1.82) is 0 Å². The van der Waals surface area contributed by atoms with Crippen molar-refractivity contribution >= 4 is 0 Å². The molecule has 1 aliphatic carbocycles. The van der Waals surface area contributed by atoms with Gasteiger partial charge in [0.2, 0.25) is 0 Å². The van der Waals surface area contributed by atoms with Crippen LogP contribution in [-0.2, 0) is 9.47 Å². The lowest BCUT2D eigenvalue weighted by atomic mass is 9.91. The first kappa shape index (κ1) is 38.8. The van der Waals surface area contributed by atoms with Gasteiger partial charge in [-0.25, -0.2) is 0 Å². The van der Waals surface area contributed by atoms with Crippen LogP contribution in [0, 0.1) is 0 Å². The summed E-state index contributed by atoms with van der Waals surface area (Å²) in [6.07, 6.45) is 31.3. The summed E-state index contributed by atoms with van der Waals surface area (Å²) in [7, 11) is 2.22. The summed E-state index contributed by atoms with van der Waals surface area (Å²) in [6.45, 7) is 11.1. The van der Waals surface area contributed by atoms with Gasteiger partial charge in [0.15, 0.2) is 0 Å². The quantitative estimate of drug-likeness (QED) is 0.0782. The highest BCUT2D eigenvalue weighted by atomic mass is 16.5. The van der Waals surface area contributed by atoms with Gasteiger partial charge in [-0.2, -0.15) is 0 Å². The number of aliphatic hydroxyl groups is 1. The molecule has 1 fully saturated rings. The number of hydrogen-bond acceptors (Lipinski definition) is 5. The van der Waals surface area contributed by atoms with E-state index >= 15 is 0 Å². The molecule has 1 atom stereocenters. The summed E-state index contributed by atoms with van der Waals surface area (Å²) in [6, 6.07) is 0.684. The minimum atomic E-state index is 0.150. The third kappa shape index (κ3) is 23.9. The zero-order chi connectivity index (χ0) is 29.6. The van der Waals surface area contributed by atoms with Crippen molar-refractivity contribution < 1.29 is 14.6 Å². The lowest BCUT2D eigenvalue weighted by Crippen LogP contribution is -2.46. The second-order valence-corrected chi connectivity index (χ2v) is 13.0. The van der Waals surface area contributed by atoms with Gasteiger partial charge in [-0.1, -0.05) is 136 Å². The molecular formula is C36H74N2O3. The maximum atomic E-state index is 9.50. The van der Waals surface area contributed by atoms with Crippen molar-refractivity contribution in [3.05, 3.63) is 0 Å². The number of hydrogen-bond donors (Lipinski definition) is 1. The minimum Gasteiger partial charge on any atom is -0.395 e. The van der Waals surface area contributed by atoms with Gasteiger partial charge in [0, 0.05) is 45.4 Å². The Labute approximate surface area is 257 Å². The number of ether oxygens (including phenoxy) is 2. The summed E-state index contributed by atoms with van der Waals surface area (Å²) >= 11 is 0. The molecule has 0 aliphatic heterocycles. The molecule has 0 aromatic carbocycles. The third-order valence-corrected chi connectivity index (χ3v) is 9.06. The van der Waals surface area contributed by atoms with Crippen molar-refractivity contribution in [2.45, 2.75) is 174 Å². The van der Waals surface area contributed by atoms with Crippen LogP contribution in [0.25, 0.3) is 0 Å². The molecule has 246 valence electrons. The first-order valence-corrected chi connectivity index (χ1v) is 18.4. The molecule has 0 spiro atoms. The number of nitrogens with zero attached hydrogens (tertiary/aromatic N) is 2. The van der Waals surface area contributed by atoms with E-state index < -0.39 is 0 Å². The molecule has 1 N–H and O–H groups in total. The molecule has 5 heteroatoms. The predicted molar refractivity (Wildman–Crippen MR) is 178 cm³/mol. The molecule has 1 aliphatic rings. The second-order valence-electron chi connectivity index (χ2n) is 13.0. The van der Waals surface area contributed by atoms with Gasteiger partial charge in [0.25, 0.3) is 0 Å². The summed E-state index contributed by atoms with van der Waals surface area (Å²) in [5.74, 6) is 0. The first-order chi connectivity index (χ1) is 20.2. The molecule has 1 unspecified atom stereocenters. The van der Waals surface area contributed by atoms with E-state index in [1.54, 1.807) is 0 Å². The molecule has 0 aromatic rings. The van der Waals surface area contributed by atoms with Crippen molar-refractivity contribution in [3.63, 3.8) is 0 Å². The van der Waals surface area contributed by atoms with Crippen LogP contribution < -0.4 is 0 Å². The largest absolute Gasteiger partial charge is 0.395 e. The van der Waals surface area contributed by atoms with Crippen molar-refractivity contribution in [2.75, 3.05) is 59.7 Å². The Morgan fingerprint density at radius 1 is 0.634 bits per heavy atom. The third-order valence-electron chi connectivity index (χ3n) is 9.06. The van der Waals surface area contributed by atoms with Crippen LogP contribution in [0.3, 0.4) is 0 Å². The lowest BCUT2D eigenvalue weighted by molar-refractivity contribution is -0.0328. The fourth-order valence-corrected chi connectivity index (χ4v) is 5.99. The number of likely N-dealkylation sites (N-methyl/N-ethyl adjacent to an activating group) is 1. The summed E-state index contributed by atoms with van der Waals surface area (Å²) in [4.78, 5) is 4.90. The molecule has 0 amide bonds. The molecule has 0 radical (unpaired) electrons. The van der Waals surface area contributed by atoms with Crippen LogP contribution in [-0.4, -0.2) is 86.7 Å². The molecule has 0 saturated heterocycles. The van der Waals surface area contributed by atoms with Crippen LogP contribution in [0.1, 0.15) is 162 Å². The Morgan fingerprint density at radius 2 is 1.12 bits per heavy atom. The molecular weight excluding hydrogens is 508 g/mol. The van der Waals surface area contributed by atoms with Gasteiger partial charge < -0.3 is 19.5 Å². The highest BCUT2D eigenvalue weighted by molar-refractivity contribution is 4.80. The average Bonchev–Trinajstić information content (AvgIpc) is 2.94. The van der Waals surface area contributed by atoms with E-state index in [0.29, 0.717) is 12.6 Å². The van der Waals surface area contributed by atoms with Gasteiger partial charge in [0.05, 0.1) is 19.3 Å². The maximum Gasteiger partial charge on any atom is 0.0934 e. The number of aliphatic hydroxyl groups excluding tert-OH is 1. The van der Waals surface area contributed by atoms with Gasteiger partial charge in [-0.3, -0.25) is 4.90 Å². The maximum absolute atomic E-state index is 9.50. The number of rotatable bonds is 33. The summed E-state index contributed by atoms with van der Waals surface area (Å²) in [5, 5.41) is 9.50. The zero-order valence-corrected chi connectivity index (χ0v) is 28.2. The van der Waals surface area contributed by atoms with Crippen molar-refractivity contribution in [1.82, 2.24) is 9.80 Å². The molecule has 0 heterocycles. The number of unbranched alkanes of at least 4 members (excludes halogenated alkanes) is 18. The van der Waals surface area contributed by atoms with E-state index in [1.165, 1.54) is 148 Å². The molecule has 1 saturated carbocycles. The lowest BCUT2D eigenvalue weighted by Gasteiger charge is -2.38. The molecule has 0 aromatic heterocycles. The summed E-state index contributed by atoms with van der Waals surface area (Å²) < 4.78 is 12.6. The van der Waals surface area contributed by atoms with E-state index in [2.05, 4.69) is 30.7 Å². The zero-order valence-electron chi connectivity index (χ0n) is 28.2. The SMILES string of the molecule is CCCCCCCCCCCCOCC(CN(C)CCN(CCO)C1CCC1)OCCCCCCCCCCCC. The fourth-order valence-electron chi connectivity index (χ4n) is 5.99. The van der Waals surface area contributed by atoms with Crippen LogP contribution in [0.15, 0.2) is 0 Å². The standard InChI is InChI=1S/C36H74N2O3/c1-4-6-8-10-12-14-16-18-20-22-31-40-34-36(41-32-23-21-19-17-15-13-11-9-7-5-2)33-37(3)27-28-38(29-30-39)35-25-24-26-35/h35-36,39H,4-34H2,1-3H3. The minimum absolute atomic E-state index is 0.150. The fraction of sp³-hybridized carbons (Fsp3) is 1.00. The van der Waals surface area contributed by atoms with E-state index in [9.17, 15) is 5.11 Å². The van der Waals surface area contributed by atoms with Gasteiger partial charge >= 0.3 is 0 Å². The molecule has 0 bridgehead atoms. The second kappa shape index (κ2) is 29.9. The highest BCUT2D eigenvalue weighted by Crippen LogP contribution is 2.24. The average molecular weight is 583 g/mol. The Bertz CT molecular complexity index is 517. The Balaban J connectivity index is 2.23. The Hall–Kier alpha value is -0.200. The molecule has 41 heavy (non-hydrogen) atoms. The normalized spacial score (nSPS) is 14.8. The smallest absolute Gasteiger partial charge is 0.0934 e. The van der Waals surface area contributed by atoms with E-state index in [4.69, 9.17) is 9.47 Å². The van der Waals surface area contributed by atoms with Gasteiger partial charge in [0.1, 0.15) is 0 Å². The van der Waals surface area contributed by atoms with E-state index in [-0.39, 0.29) is 12.7 Å². The van der Waals surface area contributed by atoms with Crippen LogP contribution >= 0.6 is 0 Å². The van der Waals surface area contributed by atoms with Crippen LogP contribution in [0.4, 0.5) is 0 Å². The topological polar surface area (TPSA) is 45.2 Å². The molecule has 5 nitrogen and oxygen atoms in total. The van der Waals surface area contributed by atoms with Gasteiger partial charge in [-0.05, 0) is 32.7 Å². The summed E-state index contributed by atoms with van der Waals surface area (Å²) in [5.41, 5.74) is 0. The Morgan fingerprint density at radius 3 is 1.59 bits per heavy atom. The first-order valence-electron chi connectivity index (χ1n) is 18.4. The van der Waals surface area contributed by atoms with Gasteiger partial charge in [-0.15, -0.1) is 0 Å². The van der Waals surface area contributed by atoms with Crippen LogP contribution in [0.5, 0.6) is 0 Å². The van der Waals surface area contributed by atoms with E-state index in [0.717, 1.165) is 39.4 Å². The van der Waals surface area contributed by atoms with E-state index in [1.807, 2.05) is 0 Å². The Kier molecular flexibility index (Phi) is 28.3. The van der Waals surface area contributed by atoms with Crippen molar-refractivity contribution in [3.8, 4) is 0 Å². The van der Waals surface area contributed by atoms with Crippen molar-refractivity contribution in [2.24, 2.45) is 0 Å². The highest BCUT2D eigenvalue weighted by Gasteiger charge is 2.24. The predicted octanol–water partition coefficient (Wildman–Crippen LogP) is 9.01. The molecule has 1 rings (SSSR count).